The number of likely N-dealkylation sites (tertiary alicyclic amines) is 1. The van der Waals surface area contributed by atoms with Crippen molar-refractivity contribution in [2.75, 3.05) is 26.2 Å². The molecule has 2 nitrogen and oxygen atoms in total. The first kappa shape index (κ1) is 16.6. The van der Waals surface area contributed by atoms with E-state index in [9.17, 15) is 0 Å². The zero-order chi connectivity index (χ0) is 15.2. The minimum Gasteiger partial charge on any atom is -0.493 e. The molecule has 1 N–H and O–H groups in total. The van der Waals surface area contributed by atoms with E-state index in [2.05, 4.69) is 20.8 Å². The van der Waals surface area contributed by atoms with Crippen LogP contribution >= 0.6 is 11.6 Å². The third-order valence-corrected chi connectivity index (χ3v) is 4.68. The first-order valence-electron chi connectivity index (χ1n) is 8.29. The molecule has 1 unspecified atom stereocenters. The number of nitrogens with one attached hydrogen (secondary N) is 1. The predicted octanol–water partition coefficient (Wildman–Crippen LogP) is 3.43. The number of rotatable bonds is 6. The van der Waals surface area contributed by atoms with Gasteiger partial charge in [0, 0.05) is 10.9 Å². The summed E-state index contributed by atoms with van der Waals surface area (Å²) in [6, 6.07) is 3.95. The number of benzene rings is 1. The van der Waals surface area contributed by atoms with Crippen LogP contribution in [0.4, 0.5) is 0 Å². The van der Waals surface area contributed by atoms with Crippen LogP contribution in [0.3, 0.4) is 0 Å². The third-order valence-electron chi connectivity index (χ3n) is 4.46. The van der Waals surface area contributed by atoms with Gasteiger partial charge < -0.3 is 9.64 Å². The fraction of sp³-hybridized carbons (Fsp3) is 0.667. The van der Waals surface area contributed by atoms with E-state index in [4.69, 9.17) is 16.3 Å². The molecule has 0 amide bonds. The zero-order valence-electron chi connectivity index (χ0n) is 13.7. The first-order chi connectivity index (χ1) is 10.1. The van der Waals surface area contributed by atoms with Crippen LogP contribution in [0.1, 0.15) is 43.7 Å². The number of aryl methyl sites for hydroxylation is 2. The Morgan fingerprint density at radius 3 is 2.62 bits per heavy atom. The van der Waals surface area contributed by atoms with E-state index in [-0.39, 0.29) is 0 Å². The van der Waals surface area contributed by atoms with Gasteiger partial charge in [0.1, 0.15) is 5.75 Å². The molecule has 2 atom stereocenters. The summed E-state index contributed by atoms with van der Waals surface area (Å²) in [6.45, 7) is 11.3. The van der Waals surface area contributed by atoms with Gasteiger partial charge in [-0.25, -0.2) is 0 Å². The van der Waals surface area contributed by atoms with Crippen molar-refractivity contribution in [1.82, 2.24) is 0 Å². The van der Waals surface area contributed by atoms with Crippen LogP contribution in [-0.2, 0) is 0 Å². The Bertz CT molecular complexity index is 438. The summed E-state index contributed by atoms with van der Waals surface area (Å²) in [6.07, 6.45) is 5.21. The van der Waals surface area contributed by atoms with Gasteiger partial charge in [-0.15, -0.1) is 0 Å². The van der Waals surface area contributed by atoms with Gasteiger partial charge in [0.15, 0.2) is 0 Å². The molecule has 1 aliphatic heterocycles. The lowest BCUT2D eigenvalue weighted by Crippen LogP contribution is -3.13. The average molecular weight is 311 g/mol. The van der Waals surface area contributed by atoms with Crippen LogP contribution in [0.15, 0.2) is 12.1 Å². The van der Waals surface area contributed by atoms with E-state index >= 15 is 0 Å². The number of piperidine rings is 1. The highest BCUT2D eigenvalue weighted by atomic mass is 35.5. The Hall–Kier alpha value is -0.730. The summed E-state index contributed by atoms with van der Waals surface area (Å²) in [4.78, 5) is 1.78. The molecule has 0 spiro atoms. The number of hydrogen-bond donors (Lipinski definition) is 1. The van der Waals surface area contributed by atoms with E-state index in [0.29, 0.717) is 0 Å². The summed E-state index contributed by atoms with van der Waals surface area (Å²) in [5.74, 6) is 1.92. The zero-order valence-corrected chi connectivity index (χ0v) is 14.4. The van der Waals surface area contributed by atoms with E-state index < -0.39 is 0 Å². The number of quaternary nitrogens is 1. The van der Waals surface area contributed by atoms with Gasteiger partial charge in [-0.3, -0.25) is 0 Å². The van der Waals surface area contributed by atoms with Crippen molar-refractivity contribution in [1.29, 1.82) is 0 Å². The maximum absolute atomic E-state index is 6.05. The van der Waals surface area contributed by atoms with E-state index in [1.807, 2.05) is 12.1 Å². The van der Waals surface area contributed by atoms with Crippen molar-refractivity contribution in [3.8, 4) is 5.75 Å². The van der Waals surface area contributed by atoms with Crippen molar-refractivity contribution in [3.63, 3.8) is 0 Å². The van der Waals surface area contributed by atoms with Crippen LogP contribution in [0, 0.1) is 19.8 Å². The topological polar surface area (TPSA) is 13.7 Å². The minimum atomic E-state index is 0.792. The molecular formula is C18H29ClNO+. The van der Waals surface area contributed by atoms with Gasteiger partial charge in [0.25, 0.3) is 0 Å². The smallest absolute Gasteiger partial charge is 0.125 e. The largest absolute Gasteiger partial charge is 0.493 e. The summed E-state index contributed by atoms with van der Waals surface area (Å²) < 4.78 is 5.97. The lowest BCUT2D eigenvalue weighted by Gasteiger charge is -2.27. The van der Waals surface area contributed by atoms with Crippen molar-refractivity contribution >= 4 is 11.6 Å². The fourth-order valence-electron chi connectivity index (χ4n) is 3.40. The molecule has 1 saturated heterocycles. The molecular weight excluding hydrogens is 282 g/mol. The normalized spacial score (nSPS) is 22.3. The maximum atomic E-state index is 6.05. The monoisotopic (exact) mass is 310 g/mol. The second-order valence-electron chi connectivity index (χ2n) is 6.63. The quantitative estimate of drug-likeness (QED) is 0.795. The minimum absolute atomic E-state index is 0.792. The Kier molecular flexibility index (Phi) is 6.38. The molecule has 2 rings (SSSR count). The van der Waals surface area contributed by atoms with Crippen molar-refractivity contribution in [3.05, 3.63) is 28.3 Å². The molecule has 1 fully saturated rings. The molecule has 0 bridgehead atoms. The van der Waals surface area contributed by atoms with E-state index in [1.165, 1.54) is 38.9 Å². The highest BCUT2D eigenvalue weighted by molar-refractivity contribution is 6.30. The van der Waals surface area contributed by atoms with Crippen LogP contribution in [0.25, 0.3) is 0 Å². The average Bonchev–Trinajstić information content (AvgIpc) is 2.41. The first-order valence-corrected chi connectivity index (χ1v) is 8.67. The van der Waals surface area contributed by atoms with Gasteiger partial charge >= 0.3 is 0 Å². The van der Waals surface area contributed by atoms with Crippen molar-refractivity contribution in [2.45, 2.75) is 46.5 Å². The van der Waals surface area contributed by atoms with Crippen molar-refractivity contribution < 1.29 is 9.64 Å². The molecule has 1 aromatic carbocycles. The van der Waals surface area contributed by atoms with Gasteiger partial charge in [-0.1, -0.05) is 18.5 Å². The van der Waals surface area contributed by atoms with Crippen molar-refractivity contribution in [2.24, 2.45) is 5.92 Å². The molecule has 21 heavy (non-hydrogen) atoms. The lowest BCUT2D eigenvalue weighted by molar-refractivity contribution is -0.908. The van der Waals surface area contributed by atoms with Gasteiger partial charge in [-0.2, -0.15) is 0 Å². The fourth-order valence-corrected chi connectivity index (χ4v) is 3.73. The molecule has 1 aromatic rings. The predicted molar refractivity (Wildman–Crippen MR) is 89.6 cm³/mol. The Morgan fingerprint density at radius 1 is 1.24 bits per heavy atom. The van der Waals surface area contributed by atoms with Gasteiger partial charge in [-0.05, 0) is 62.8 Å². The standard InChI is InChI=1S/C18H28ClNO/c1-14-7-6-9-20(13-14)8-4-5-10-21-18-15(2)11-17(19)12-16(18)3/h11-12,14H,4-10,13H2,1-3H3/p+1/t14-/m0/s1. The van der Waals surface area contributed by atoms with E-state index in [1.54, 1.807) is 4.90 Å². The molecule has 0 aliphatic carbocycles. The molecule has 3 heteroatoms. The molecule has 0 saturated carbocycles. The molecule has 0 aromatic heterocycles. The van der Waals surface area contributed by atoms with Crippen LogP contribution in [0.5, 0.6) is 5.75 Å². The third kappa shape index (κ3) is 5.19. The van der Waals surface area contributed by atoms with E-state index in [0.717, 1.165) is 40.8 Å². The number of unbranched alkanes of at least 4 members (excludes halogenated alkanes) is 1. The summed E-state index contributed by atoms with van der Waals surface area (Å²) in [5, 5.41) is 0.792. The van der Waals surface area contributed by atoms with Crippen LogP contribution in [-0.4, -0.2) is 26.2 Å². The molecule has 0 radical (unpaired) electrons. The van der Waals surface area contributed by atoms with Crippen LogP contribution < -0.4 is 9.64 Å². The molecule has 118 valence electrons. The van der Waals surface area contributed by atoms with Gasteiger partial charge in [0.05, 0.1) is 26.2 Å². The maximum Gasteiger partial charge on any atom is 0.125 e. The Labute approximate surface area is 134 Å². The summed E-state index contributed by atoms with van der Waals surface area (Å²) in [7, 11) is 0. The molecule has 1 aliphatic rings. The highest BCUT2D eigenvalue weighted by Crippen LogP contribution is 2.27. The number of halogens is 1. The van der Waals surface area contributed by atoms with Gasteiger partial charge in [0.2, 0.25) is 0 Å². The molecule has 1 heterocycles. The lowest BCUT2D eigenvalue weighted by atomic mass is 10.0. The number of hydrogen-bond acceptors (Lipinski definition) is 1. The number of ether oxygens (including phenoxy) is 1. The SMILES string of the molecule is Cc1cc(Cl)cc(C)c1OCCCC[NH+]1CCC[C@H](C)C1. The highest BCUT2D eigenvalue weighted by Gasteiger charge is 2.18. The Morgan fingerprint density at radius 2 is 1.95 bits per heavy atom. The Balaban J connectivity index is 1.68. The second-order valence-corrected chi connectivity index (χ2v) is 7.06. The second kappa shape index (κ2) is 8.05. The summed E-state index contributed by atoms with van der Waals surface area (Å²) >= 11 is 6.05. The summed E-state index contributed by atoms with van der Waals surface area (Å²) in [5.41, 5.74) is 2.27. The van der Waals surface area contributed by atoms with Crippen LogP contribution in [0.2, 0.25) is 5.02 Å².